The van der Waals surface area contributed by atoms with E-state index in [4.69, 9.17) is 14.7 Å². The summed E-state index contributed by atoms with van der Waals surface area (Å²) in [6.07, 6.45) is 1.39. The third-order valence-electron chi connectivity index (χ3n) is 5.69. The summed E-state index contributed by atoms with van der Waals surface area (Å²) in [5.74, 6) is -1.42. The van der Waals surface area contributed by atoms with Crippen LogP contribution in [0.1, 0.15) is 23.6 Å². The van der Waals surface area contributed by atoms with Gasteiger partial charge in [-0.2, -0.15) is 8.97 Å². The maximum absolute atomic E-state index is 12.8. The number of nitrogens with one attached hydrogen (secondary N) is 1. The molecule has 0 aromatic heterocycles. The van der Waals surface area contributed by atoms with Crippen molar-refractivity contribution in [3.05, 3.63) is 83.4 Å². The number of benzene rings is 3. The number of carboxylic acid groups (broad SMARTS) is 1. The number of hydrogen-bond donors (Lipinski definition) is 2. The Bertz CT molecular complexity index is 1590. The molecule has 1 unspecified atom stereocenters. The third-order valence-corrected chi connectivity index (χ3v) is 8.92. The summed E-state index contributed by atoms with van der Waals surface area (Å²) < 4.78 is 62.6. The van der Waals surface area contributed by atoms with Gasteiger partial charge in [0.2, 0.25) is 20.0 Å². The number of sulfonamides is 2. The first-order chi connectivity index (χ1) is 18.2. The van der Waals surface area contributed by atoms with E-state index in [1.54, 1.807) is 24.3 Å². The first-order valence-electron chi connectivity index (χ1n) is 11.3. The normalized spacial score (nSPS) is 13.0. The summed E-state index contributed by atoms with van der Waals surface area (Å²) in [5, 5.41) is 22.2. The van der Waals surface area contributed by atoms with Crippen LogP contribution in [-0.2, 0) is 37.0 Å². The van der Waals surface area contributed by atoms with Gasteiger partial charge < -0.3 is 19.9 Å². The number of anilines is 2. The number of methoxy groups -OCH3 is 1. The van der Waals surface area contributed by atoms with Gasteiger partial charge in [-0.15, -0.1) is 0 Å². The lowest BCUT2D eigenvalue weighted by Crippen LogP contribution is -2.44. The molecule has 0 aliphatic heterocycles. The van der Waals surface area contributed by atoms with Crippen LogP contribution >= 0.6 is 0 Å². The Kier molecular flexibility index (Phi) is 8.42. The van der Waals surface area contributed by atoms with Gasteiger partial charge in [0.25, 0.3) is 0 Å². The monoisotopic (exact) mass is 573 g/mol. The van der Waals surface area contributed by atoms with Crippen LogP contribution in [0.15, 0.2) is 66.7 Å². The van der Waals surface area contributed by atoms with Crippen LogP contribution < -0.4 is 18.5 Å². The molecule has 0 saturated carbocycles. The zero-order chi connectivity index (χ0) is 29.0. The van der Waals surface area contributed by atoms with Crippen molar-refractivity contribution >= 4 is 37.4 Å². The first-order valence-corrected chi connectivity index (χ1v) is 15.0. The van der Waals surface area contributed by atoms with Gasteiger partial charge >= 0.3 is 5.97 Å². The van der Waals surface area contributed by atoms with Crippen molar-refractivity contribution in [1.82, 2.24) is 0 Å². The molecule has 0 aliphatic rings. The Morgan fingerprint density at radius 1 is 1.00 bits per heavy atom. The van der Waals surface area contributed by atoms with Crippen molar-refractivity contribution < 1.29 is 36.2 Å². The molecule has 0 heterocycles. The minimum atomic E-state index is -4.48. The Morgan fingerprint density at radius 2 is 1.59 bits per heavy atom. The van der Waals surface area contributed by atoms with Crippen LogP contribution in [0.5, 0.6) is 11.5 Å². The molecule has 0 fully saturated rings. The molecule has 3 rings (SSSR count). The molecule has 3 aromatic rings. The summed E-state index contributed by atoms with van der Waals surface area (Å²) in [7, 11) is -7.64. The smallest absolute Gasteiger partial charge is 0.333 e. The minimum absolute atomic E-state index is 0.0106. The summed E-state index contributed by atoms with van der Waals surface area (Å²) in [4.78, 5) is 12.7. The molecule has 3 aromatic carbocycles. The molecule has 1 atom stereocenters. The van der Waals surface area contributed by atoms with Gasteiger partial charge in [-0.25, -0.2) is 21.6 Å². The third kappa shape index (κ3) is 6.60. The Balaban J connectivity index is 2.29. The molecule has 0 radical (unpaired) electrons. The highest BCUT2D eigenvalue weighted by atomic mass is 32.3. The van der Waals surface area contributed by atoms with E-state index in [9.17, 15) is 26.7 Å². The zero-order valence-electron chi connectivity index (χ0n) is 21.6. The molecule has 0 amide bonds. The van der Waals surface area contributed by atoms with Gasteiger partial charge in [0, 0.05) is 17.3 Å². The Morgan fingerprint density at radius 3 is 2.08 bits per heavy atom. The Labute approximate surface area is 227 Å². The average molecular weight is 574 g/mol. The van der Waals surface area contributed by atoms with E-state index in [2.05, 4.69) is 5.32 Å². The van der Waals surface area contributed by atoms with Gasteiger partial charge in [0.15, 0.2) is 17.0 Å². The SMILES string of the molecule is COc1cc(C(C)(Nc2ccc(C#N)cc2)C(=O)O)c(N(S(C)(=O)=O)S(C)(=O)=O)cc1OCc1ccccc1. The zero-order valence-corrected chi connectivity index (χ0v) is 23.2. The topological polar surface area (TPSA) is 163 Å². The molecule has 0 aliphatic carbocycles. The molecular formula is C26H27N3O8S2. The van der Waals surface area contributed by atoms with E-state index in [-0.39, 0.29) is 33.1 Å². The molecule has 0 spiro atoms. The van der Waals surface area contributed by atoms with E-state index < -0.39 is 37.2 Å². The fourth-order valence-electron chi connectivity index (χ4n) is 3.86. The second-order valence-corrected chi connectivity index (χ2v) is 12.7. The standard InChI is InChI=1S/C26H27N3O8S2/c1-26(25(30)31,28-20-12-10-18(16-27)11-13-20)21-14-23(36-2)24(37-17-19-8-6-5-7-9-19)15-22(21)29(38(3,32)33)39(4,34)35/h5-15,28H,17H2,1-4H3,(H,30,31). The van der Waals surface area contributed by atoms with Gasteiger partial charge in [-0.1, -0.05) is 30.3 Å². The van der Waals surface area contributed by atoms with Crippen LogP contribution in [0.3, 0.4) is 0 Å². The second-order valence-electron chi connectivity index (χ2n) is 8.76. The molecule has 0 saturated heterocycles. The van der Waals surface area contributed by atoms with Crippen molar-refractivity contribution in [2.45, 2.75) is 19.1 Å². The van der Waals surface area contributed by atoms with Crippen molar-refractivity contribution in [2.24, 2.45) is 0 Å². The predicted octanol–water partition coefficient (Wildman–Crippen LogP) is 3.28. The number of hydrogen-bond acceptors (Lipinski definition) is 9. The molecule has 206 valence electrons. The molecule has 39 heavy (non-hydrogen) atoms. The highest BCUT2D eigenvalue weighted by Crippen LogP contribution is 2.43. The van der Waals surface area contributed by atoms with Crippen molar-refractivity contribution in [1.29, 1.82) is 5.26 Å². The maximum atomic E-state index is 12.8. The molecule has 13 heteroatoms. The average Bonchev–Trinajstić information content (AvgIpc) is 2.86. The van der Waals surface area contributed by atoms with E-state index in [0.717, 1.165) is 11.6 Å². The number of aliphatic carboxylic acids is 1. The van der Waals surface area contributed by atoms with E-state index in [1.807, 2.05) is 12.1 Å². The van der Waals surface area contributed by atoms with Gasteiger partial charge in [0.1, 0.15) is 6.61 Å². The summed E-state index contributed by atoms with van der Waals surface area (Å²) in [6, 6.07) is 19.2. The second kappa shape index (κ2) is 11.2. The quantitative estimate of drug-likeness (QED) is 0.348. The predicted molar refractivity (Wildman–Crippen MR) is 146 cm³/mol. The van der Waals surface area contributed by atoms with Crippen LogP contribution in [0.2, 0.25) is 0 Å². The fourth-order valence-corrected chi connectivity index (χ4v) is 6.85. The highest BCUT2D eigenvalue weighted by Gasteiger charge is 2.42. The van der Waals surface area contributed by atoms with Crippen LogP contribution in [0.4, 0.5) is 11.4 Å². The lowest BCUT2D eigenvalue weighted by atomic mass is 9.89. The number of rotatable bonds is 11. The minimum Gasteiger partial charge on any atom is -0.493 e. The van der Waals surface area contributed by atoms with Crippen LogP contribution in [-0.4, -0.2) is 47.5 Å². The summed E-state index contributed by atoms with van der Waals surface area (Å²) in [5.41, 5.74) is -1.40. The number of ether oxygens (including phenoxy) is 2. The molecular weight excluding hydrogens is 546 g/mol. The molecule has 0 bridgehead atoms. The van der Waals surface area contributed by atoms with Gasteiger partial charge in [0.05, 0.1) is 36.9 Å². The number of nitriles is 1. The molecule has 11 nitrogen and oxygen atoms in total. The summed E-state index contributed by atoms with van der Waals surface area (Å²) in [6.45, 7) is 1.28. The Hall–Kier alpha value is -4.28. The van der Waals surface area contributed by atoms with Crippen molar-refractivity contribution in [3.8, 4) is 17.6 Å². The van der Waals surface area contributed by atoms with Crippen molar-refractivity contribution in [3.63, 3.8) is 0 Å². The number of nitrogens with zero attached hydrogens (tertiary/aromatic N) is 2. The van der Waals surface area contributed by atoms with Gasteiger partial charge in [-0.05, 0) is 42.8 Å². The molecule has 2 N–H and O–H groups in total. The summed E-state index contributed by atoms with van der Waals surface area (Å²) >= 11 is 0. The lowest BCUT2D eigenvalue weighted by Gasteiger charge is -2.33. The largest absolute Gasteiger partial charge is 0.493 e. The number of carbonyl (C=O) groups is 1. The number of carboxylic acids is 1. The van der Waals surface area contributed by atoms with Crippen LogP contribution in [0.25, 0.3) is 0 Å². The van der Waals surface area contributed by atoms with E-state index in [0.29, 0.717) is 18.1 Å². The lowest BCUT2D eigenvalue weighted by molar-refractivity contribution is -0.142. The van der Waals surface area contributed by atoms with Crippen molar-refractivity contribution in [2.75, 3.05) is 28.6 Å². The maximum Gasteiger partial charge on any atom is 0.333 e. The fraction of sp³-hybridized carbons (Fsp3) is 0.231. The van der Waals surface area contributed by atoms with Gasteiger partial charge in [-0.3, -0.25) is 0 Å². The van der Waals surface area contributed by atoms with E-state index in [1.165, 1.54) is 44.4 Å². The first kappa shape index (κ1) is 29.3. The van der Waals surface area contributed by atoms with Crippen LogP contribution in [0, 0.1) is 11.3 Å². The highest BCUT2D eigenvalue weighted by molar-refractivity contribution is 8.09. The van der Waals surface area contributed by atoms with E-state index >= 15 is 0 Å².